The number of carbonyl (C=O) groups is 3. The van der Waals surface area contributed by atoms with Crippen molar-refractivity contribution in [2.75, 3.05) is 20.3 Å². The summed E-state index contributed by atoms with van der Waals surface area (Å²) in [6.45, 7) is 8.02. The summed E-state index contributed by atoms with van der Waals surface area (Å²) in [5.41, 5.74) is 0.205. The van der Waals surface area contributed by atoms with Gasteiger partial charge in [-0.1, -0.05) is 13.8 Å². The smallest absolute Gasteiger partial charge is 0.339 e. The van der Waals surface area contributed by atoms with Gasteiger partial charge in [0.1, 0.15) is 0 Å². The Morgan fingerprint density at radius 2 is 1.81 bits per heavy atom. The molecule has 0 aliphatic heterocycles. The molecule has 26 heavy (non-hydrogen) atoms. The van der Waals surface area contributed by atoms with Gasteiger partial charge in [-0.15, -0.1) is 0 Å². The molecule has 0 saturated heterocycles. The van der Waals surface area contributed by atoms with Gasteiger partial charge in [-0.05, 0) is 38.0 Å². The van der Waals surface area contributed by atoms with Crippen molar-refractivity contribution in [3.05, 3.63) is 23.8 Å². The van der Waals surface area contributed by atoms with Crippen LogP contribution in [0.3, 0.4) is 0 Å². The lowest BCUT2D eigenvalue weighted by molar-refractivity contribution is -0.127. The summed E-state index contributed by atoms with van der Waals surface area (Å²) in [6, 6.07) is 3.96. The van der Waals surface area contributed by atoms with Crippen molar-refractivity contribution in [1.29, 1.82) is 0 Å². The summed E-state index contributed by atoms with van der Waals surface area (Å²) >= 11 is 0. The maximum Gasteiger partial charge on any atom is 0.339 e. The first kappa shape index (κ1) is 21.3. The van der Waals surface area contributed by atoms with Crippen molar-refractivity contribution in [1.82, 2.24) is 10.6 Å². The number of hydrogen-bond donors (Lipinski definition) is 2. The zero-order valence-electron chi connectivity index (χ0n) is 15.8. The minimum Gasteiger partial charge on any atom is -0.493 e. The van der Waals surface area contributed by atoms with Crippen LogP contribution in [0.5, 0.6) is 11.5 Å². The first-order chi connectivity index (χ1) is 12.3. The largest absolute Gasteiger partial charge is 0.493 e. The number of nitrogens with one attached hydrogen (secondary N) is 2. The Morgan fingerprint density at radius 1 is 1.12 bits per heavy atom. The fourth-order valence-electron chi connectivity index (χ4n) is 1.87. The lowest BCUT2D eigenvalue weighted by Gasteiger charge is -2.15. The highest BCUT2D eigenvalue weighted by atomic mass is 16.5. The number of rotatable bonds is 8. The Bertz CT molecular complexity index is 645. The van der Waals surface area contributed by atoms with E-state index in [0.29, 0.717) is 30.6 Å². The van der Waals surface area contributed by atoms with Gasteiger partial charge in [0.15, 0.2) is 17.6 Å². The van der Waals surface area contributed by atoms with Gasteiger partial charge in [-0.2, -0.15) is 0 Å². The first-order valence-electron chi connectivity index (χ1n) is 8.39. The number of imide groups is 1. The summed E-state index contributed by atoms with van der Waals surface area (Å²) in [5, 5.41) is 4.50. The predicted octanol–water partition coefficient (Wildman–Crippen LogP) is 2.12. The topological polar surface area (TPSA) is 103 Å². The zero-order valence-corrected chi connectivity index (χ0v) is 15.8. The van der Waals surface area contributed by atoms with E-state index in [1.54, 1.807) is 13.0 Å². The normalized spacial score (nSPS) is 11.5. The van der Waals surface area contributed by atoms with E-state index in [2.05, 4.69) is 10.6 Å². The summed E-state index contributed by atoms with van der Waals surface area (Å²) < 4.78 is 15.9. The van der Waals surface area contributed by atoms with Crippen molar-refractivity contribution in [2.45, 2.75) is 33.8 Å². The molecule has 0 bridgehead atoms. The van der Waals surface area contributed by atoms with Gasteiger partial charge >= 0.3 is 12.0 Å². The molecule has 144 valence electrons. The van der Waals surface area contributed by atoms with Crippen LogP contribution < -0.4 is 20.1 Å². The lowest BCUT2D eigenvalue weighted by Crippen LogP contribution is -2.44. The van der Waals surface area contributed by atoms with Crippen LogP contribution in [0.2, 0.25) is 0 Å². The van der Waals surface area contributed by atoms with Gasteiger partial charge in [-0.3, -0.25) is 10.1 Å². The van der Waals surface area contributed by atoms with E-state index in [0.717, 1.165) is 0 Å². The second kappa shape index (κ2) is 10.3. The quantitative estimate of drug-likeness (QED) is 0.683. The van der Waals surface area contributed by atoms with Crippen LogP contribution in [0.1, 0.15) is 38.1 Å². The van der Waals surface area contributed by atoms with Gasteiger partial charge in [-0.25, -0.2) is 9.59 Å². The molecule has 0 aromatic heterocycles. The molecular weight excluding hydrogens is 340 g/mol. The third kappa shape index (κ3) is 6.62. The average molecular weight is 366 g/mol. The minimum atomic E-state index is -1.13. The van der Waals surface area contributed by atoms with Gasteiger partial charge in [0.2, 0.25) is 0 Å². The Balaban J connectivity index is 2.74. The van der Waals surface area contributed by atoms with Gasteiger partial charge in [0, 0.05) is 6.54 Å². The van der Waals surface area contributed by atoms with Crippen molar-refractivity contribution in [3.8, 4) is 11.5 Å². The summed E-state index contributed by atoms with van der Waals surface area (Å²) in [7, 11) is 1.47. The molecule has 1 aromatic carbocycles. The SMILES string of the molecule is CCNC(=O)NC(=O)[C@@H](C)OC(=O)c1ccc(OCC(C)C)c(OC)c1. The van der Waals surface area contributed by atoms with E-state index in [4.69, 9.17) is 14.2 Å². The zero-order chi connectivity index (χ0) is 19.7. The molecule has 1 aromatic rings. The number of carbonyl (C=O) groups excluding carboxylic acids is 3. The molecule has 8 nitrogen and oxygen atoms in total. The molecule has 0 spiro atoms. The second-order valence-electron chi connectivity index (χ2n) is 5.97. The highest BCUT2D eigenvalue weighted by molar-refractivity contribution is 5.98. The highest BCUT2D eigenvalue weighted by Crippen LogP contribution is 2.28. The van der Waals surface area contributed by atoms with Crippen LogP contribution in [0.15, 0.2) is 18.2 Å². The van der Waals surface area contributed by atoms with E-state index >= 15 is 0 Å². The average Bonchev–Trinajstić information content (AvgIpc) is 2.59. The number of urea groups is 1. The van der Waals surface area contributed by atoms with E-state index in [1.807, 2.05) is 13.8 Å². The lowest BCUT2D eigenvalue weighted by atomic mass is 10.2. The molecule has 0 saturated carbocycles. The maximum atomic E-state index is 12.2. The van der Waals surface area contributed by atoms with Gasteiger partial charge < -0.3 is 19.5 Å². The van der Waals surface area contributed by atoms with E-state index in [-0.39, 0.29) is 5.56 Å². The Hall–Kier alpha value is -2.77. The Kier molecular flexibility index (Phi) is 8.41. The molecule has 0 aliphatic rings. The number of amides is 3. The highest BCUT2D eigenvalue weighted by Gasteiger charge is 2.21. The standard InChI is InChI=1S/C18H26N2O6/c1-6-19-18(23)20-16(21)12(4)26-17(22)13-7-8-14(15(9-13)24-5)25-10-11(2)3/h7-9,11-12H,6,10H2,1-5H3,(H2,19,20,21,23)/t12-/m1/s1. The molecule has 1 rings (SSSR count). The number of ether oxygens (including phenoxy) is 3. The van der Waals surface area contributed by atoms with Crippen LogP contribution in [0.4, 0.5) is 4.79 Å². The van der Waals surface area contributed by atoms with E-state index in [1.165, 1.54) is 26.2 Å². The molecule has 8 heteroatoms. The van der Waals surface area contributed by atoms with Crippen molar-refractivity contribution >= 4 is 17.9 Å². The number of esters is 1. The third-order valence-electron chi connectivity index (χ3n) is 3.20. The fraction of sp³-hybridized carbons (Fsp3) is 0.500. The molecule has 0 unspecified atom stereocenters. The van der Waals surface area contributed by atoms with Crippen molar-refractivity contribution in [2.24, 2.45) is 5.92 Å². The van der Waals surface area contributed by atoms with Crippen LogP contribution >= 0.6 is 0 Å². The summed E-state index contributed by atoms with van der Waals surface area (Å²) in [4.78, 5) is 35.4. The van der Waals surface area contributed by atoms with Crippen molar-refractivity contribution in [3.63, 3.8) is 0 Å². The molecule has 0 aliphatic carbocycles. The molecule has 1 atom stereocenters. The molecule has 0 heterocycles. The maximum absolute atomic E-state index is 12.2. The summed E-state index contributed by atoms with van der Waals surface area (Å²) in [5.74, 6) is -0.182. The molecular formula is C18H26N2O6. The van der Waals surface area contributed by atoms with Crippen molar-refractivity contribution < 1.29 is 28.6 Å². The van der Waals surface area contributed by atoms with Crippen LogP contribution in [0.25, 0.3) is 0 Å². The van der Waals surface area contributed by atoms with Crippen LogP contribution in [0, 0.1) is 5.92 Å². The van der Waals surface area contributed by atoms with Gasteiger partial charge in [0.05, 0.1) is 19.3 Å². The second-order valence-corrected chi connectivity index (χ2v) is 5.97. The minimum absolute atomic E-state index is 0.205. The molecule has 3 amide bonds. The number of benzene rings is 1. The molecule has 0 radical (unpaired) electrons. The van der Waals surface area contributed by atoms with Gasteiger partial charge in [0.25, 0.3) is 5.91 Å². The molecule has 2 N–H and O–H groups in total. The number of hydrogen-bond acceptors (Lipinski definition) is 6. The Labute approximate surface area is 153 Å². The van der Waals surface area contributed by atoms with E-state index < -0.39 is 24.0 Å². The first-order valence-corrected chi connectivity index (χ1v) is 8.39. The van der Waals surface area contributed by atoms with Crippen LogP contribution in [-0.2, 0) is 9.53 Å². The predicted molar refractivity (Wildman–Crippen MR) is 95.4 cm³/mol. The Morgan fingerprint density at radius 3 is 2.38 bits per heavy atom. The summed E-state index contributed by atoms with van der Waals surface area (Å²) in [6.07, 6.45) is -1.13. The molecule has 0 fully saturated rings. The number of methoxy groups -OCH3 is 1. The monoisotopic (exact) mass is 366 g/mol. The third-order valence-corrected chi connectivity index (χ3v) is 3.20. The van der Waals surface area contributed by atoms with Crippen LogP contribution in [-0.4, -0.2) is 44.3 Å². The van der Waals surface area contributed by atoms with E-state index in [9.17, 15) is 14.4 Å². The fourth-order valence-corrected chi connectivity index (χ4v) is 1.87.